The molecule has 1 heterocycles. The molecule has 0 aliphatic heterocycles. The average Bonchev–Trinajstić information content (AvgIpc) is 3.04. The van der Waals surface area contributed by atoms with Crippen LogP contribution in [0.2, 0.25) is 0 Å². The molecule has 0 amide bonds. The van der Waals surface area contributed by atoms with E-state index in [9.17, 15) is 5.11 Å². The van der Waals surface area contributed by atoms with Crippen LogP contribution in [0.15, 0.2) is 18.2 Å². The predicted octanol–water partition coefficient (Wildman–Crippen LogP) is 1.91. The first kappa shape index (κ1) is 9.85. The summed E-state index contributed by atoms with van der Waals surface area (Å²) in [5.41, 5.74) is 3.50. The molecule has 1 aromatic heterocycles. The predicted molar refractivity (Wildman–Crippen MR) is 63.4 cm³/mol. The SMILES string of the molecule is Cc1nc2ccc(C3(CO)CC3)cc2n1C. The monoisotopic (exact) mass is 216 g/mol. The van der Waals surface area contributed by atoms with Gasteiger partial charge in [0, 0.05) is 12.5 Å². The number of benzene rings is 1. The molecule has 1 aliphatic rings. The van der Waals surface area contributed by atoms with Crippen molar-refractivity contribution in [3.05, 3.63) is 29.6 Å². The van der Waals surface area contributed by atoms with Gasteiger partial charge in [-0.2, -0.15) is 0 Å². The van der Waals surface area contributed by atoms with E-state index in [4.69, 9.17) is 0 Å². The average molecular weight is 216 g/mol. The molecular formula is C13H16N2O. The molecule has 0 unspecified atom stereocenters. The molecule has 1 fully saturated rings. The number of aromatic nitrogens is 2. The molecule has 0 atom stereocenters. The Balaban J connectivity index is 2.19. The maximum atomic E-state index is 9.43. The lowest BCUT2D eigenvalue weighted by molar-refractivity contribution is 0.255. The van der Waals surface area contributed by atoms with E-state index in [-0.39, 0.29) is 12.0 Å². The first-order valence-corrected chi connectivity index (χ1v) is 5.71. The molecule has 1 saturated carbocycles. The molecular weight excluding hydrogens is 200 g/mol. The van der Waals surface area contributed by atoms with E-state index >= 15 is 0 Å². The molecule has 0 bridgehead atoms. The summed E-state index contributed by atoms with van der Waals surface area (Å²) in [7, 11) is 2.03. The quantitative estimate of drug-likeness (QED) is 0.832. The Bertz CT molecular complexity index is 552. The molecule has 3 rings (SSSR count). The van der Waals surface area contributed by atoms with E-state index in [1.165, 1.54) is 5.56 Å². The minimum atomic E-state index is 0.0480. The van der Waals surface area contributed by atoms with E-state index in [1.807, 2.05) is 14.0 Å². The second-order valence-corrected chi connectivity index (χ2v) is 4.86. The van der Waals surface area contributed by atoms with Gasteiger partial charge in [-0.05, 0) is 37.5 Å². The van der Waals surface area contributed by atoms with Crippen LogP contribution < -0.4 is 0 Å². The highest BCUT2D eigenvalue weighted by Crippen LogP contribution is 2.48. The lowest BCUT2D eigenvalue weighted by atomic mass is 9.97. The minimum Gasteiger partial charge on any atom is -0.395 e. The van der Waals surface area contributed by atoms with Gasteiger partial charge in [0.2, 0.25) is 0 Å². The van der Waals surface area contributed by atoms with Crippen molar-refractivity contribution in [1.29, 1.82) is 0 Å². The van der Waals surface area contributed by atoms with Gasteiger partial charge >= 0.3 is 0 Å². The number of aliphatic hydroxyl groups excluding tert-OH is 1. The number of rotatable bonds is 2. The number of nitrogens with zero attached hydrogens (tertiary/aromatic N) is 2. The highest BCUT2D eigenvalue weighted by Gasteiger charge is 2.43. The molecule has 0 spiro atoms. The van der Waals surface area contributed by atoms with Crippen LogP contribution in [0.4, 0.5) is 0 Å². The maximum absolute atomic E-state index is 9.43. The first-order valence-electron chi connectivity index (χ1n) is 5.71. The van der Waals surface area contributed by atoms with E-state index in [0.29, 0.717) is 0 Å². The molecule has 0 saturated heterocycles. The summed E-state index contributed by atoms with van der Waals surface area (Å²) in [4.78, 5) is 4.48. The Labute approximate surface area is 94.7 Å². The molecule has 0 radical (unpaired) electrons. The molecule has 16 heavy (non-hydrogen) atoms. The van der Waals surface area contributed by atoms with Crippen LogP contribution >= 0.6 is 0 Å². The number of imidazole rings is 1. The van der Waals surface area contributed by atoms with Crippen molar-refractivity contribution < 1.29 is 5.11 Å². The largest absolute Gasteiger partial charge is 0.395 e. The van der Waals surface area contributed by atoms with Crippen molar-refractivity contribution in [3.63, 3.8) is 0 Å². The molecule has 1 N–H and O–H groups in total. The van der Waals surface area contributed by atoms with Crippen LogP contribution in [0.5, 0.6) is 0 Å². The number of aryl methyl sites for hydroxylation is 2. The van der Waals surface area contributed by atoms with Gasteiger partial charge in [-0.1, -0.05) is 6.07 Å². The van der Waals surface area contributed by atoms with Gasteiger partial charge in [0.25, 0.3) is 0 Å². The summed E-state index contributed by atoms with van der Waals surface area (Å²) in [5, 5.41) is 9.43. The van der Waals surface area contributed by atoms with Gasteiger partial charge in [0.15, 0.2) is 0 Å². The Kier molecular flexibility index (Phi) is 1.89. The third-order valence-electron chi connectivity index (χ3n) is 3.87. The van der Waals surface area contributed by atoms with Gasteiger partial charge in [-0.15, -0.1) is 0 Å². The number of hydrogen-bond donors (Lipinski definition) is 1. The molecule has 3 nitrogen and oxygen atoms in total. The fourth-order valence-electron chi connectivity index (χ4n) is 2.33. The van der Waals surface area contributed by atoms with E-state index in [0.717, 1.165) is 29.7 Å². The Morgan fingerprint density at radius 2 is 2.19 bits per heavy atom. The zero-order chi connectivity index (χ0) is 11.3. The van der Waals surface area contributed by atoms with Crippen molar-refractivity contribution in [2.24, 2.45) is 7.05 Å². The van der Waals surface area contributed by atoms with Crippen LogP contribution in [0.25, 0.3) is 11.0 Å². The van der Waals surface area contributed by atoms with Crippen molar-refractivity contribution in [2.75, 3.05) is 6.61 Å². The summed E-state index contributed by atoms with van der Waals surface area (Å²) >= 11 is 0. The fourth-order valence-corrected chi connectivity index (χ4v) is 2.33. The second-order valence-electron chi connectivity index (χ2n) is 4.86. The van der Waals surface area contributed by atoms with Gasteiger partial charge in [-0.3, -0.25) is 0 Å². The summed E-state index contributed by atoms with van der Waals surface area (Å²) in [6.45, 7) is 2.27. The lowest BCUT2D eigenvalue weighted by Crippen LogP contribution is -2.11. The minimum absolute atomic E-state index is 0.0480. The molecule has 2 aromatic rings. The lowest BCUT2D eigenvalue weighted by Gasteiger charge is -2.12. The van der Waals surface area contributed by atoms with Crippen LogP contribution in [-0.4, -0.2) is 21.3 Å². The molecule has 3 heteroatoms. The van der Waals surface area contributed by atoms with E-state index in [2.05, 4.69) is 27.8 Å². The van der Waals surface area contributed by atoms with Crippen LogP contribution in [0.3, 0.4) is 0 Å². The fraction of sp³-hybridized carbons (Fsp3) is 0.462. The normalized spacial score (nSPS) is 17.9. The second kappa shape index (κ2) is 3.08. The van der Waals surface area contributed by atoms with Gasteiger partial charge < -0.3 is 9.67 Å². The zero-order valence-corrected chi connectivity index (χ0v) is 9.70. The highest BCUT2D eigenvalue weighted by atomic mass is 16.3. The van der Waals surface area contributed by atoms with Crippen molar-refractivity contribution in [3.8, 4) is 0 Å². The standard InChI is InChI=1S/C13H16N2O/c1-9-14-11-4-3-10(7-12(11)15(9)2)13(8-16)5-6-13/h3-4,7,16H,5-6,8H2,1-2H3. The van der Waals surface area contributed by atoms with Gasteiger partial charge in [0.1, 0.15) is 5.82 Å². The summed E-state index contributed by atoms with van der Waals surface area (Å²) in [6, 6.07) is 6.35. The zero-order valence-electron chi connectivity index (χ0n) is 9.70. The van der Waals surface area contributed by atoms with E-state index in [1.54, 1.807) is 0 Å². The Hall–Kier alpha value is -1.35. The van der Waals surface area contributed by atoms with Crippen molar-refractivity contribution in [2.45, 2.75) is 25.2 Å². The maximum Gasteiger partial charge on any atom is 0.106 e. The summed E-state index contributed by atoms with van der Waals surface area (Å²) in [5.74, 6) is 1.03. The Morgan fingerprint density at radius 1 is 1.44 bits per heavy atom. The summed E-state index contributed by atoms with van der Waals surface area (Å²) in [6.07, 6.45) is 2.21. The molecule has 1 aliphatic carbocycles. The number of hydrogen-bond acceptors (Lipinski definition) is 2. The van der Waals surface area contributed by atoms with E-state index < -0.39 is 0 Å². The van der Waals surface area contributed by atoms with Gasteiger partial charge in [0.05, 0.1) is 17.6 Å². The van der Waals surface area contributed by atoms with Crippen molar-refractivity contribution >= 4 is 11.0 Å². The number of aliphatic hydroxyl groups is 1. The molecule has 1 aromatic carbocycles. The molecule has 84 valence electrons. The smallest absolute Gasteiger partial charge is 0.106 e. The summed E-state index contributed by atoms with van der Waals surface area (Å²) < 4.78 is 2.10. The van der Waals surface area contributed by atoms with Gasteiger partial charge in [-0.25, -0.2) is 4.98 Å². The van der Waals surface area contributed by atoms with Crippen LogP contribution in [0.1, 0.15) is 24.2 Å². The number of fused-ring (bicyclic) bond motifs is 1. The van der Waals surface area contributed by atoms with Crippen LogP contribution in [0, 0.1) is 6.92 Å². The first-order chi connectivity index (χ1) is 7.66. The Morgan fingerprint density at radius 3 is 2.81 bits per heavy atom. The third kappa shape index (κ3) is 1.21. The topological polar surface area (TPSA) is 38.1 Å². The third-order valence-corrected chi connectivity index (χ3v) is 3.87. The van der Waals surface area contributed by atoms with Crippen LogP contribution in [-0.2, 0) is 12.5 Å². The highest BCUT2D eigenvalue weighted by molar-refractivity contribution is 5.77. The van der Waals surface area contributed by atoms with Crippen molar-refractivity contribution in [1.82, 2.24) is 9.55 Å².